The predicted molar refractivity (Wildman–Crippen MR) is 99.7 cm³/mol. The summed E-state index contributed by atoms with van der Waals surface area (Å²) in [5, 5.41) is 0. The van der Waals surface area contributed by atoms with Gasteiger partial charge in [-0.15, -0.1) is 0 Å². The van der Waals surface area contributed by atoms with Crippen molar-refractivity contribution in [3.8, 4) is 5.69 Å². The molecule has 0 aliphatic rings. The molecule has 0 spiro atoms. The number of sulfonamides is 1. The fourth-order valence-electron chi connectivity index (χ4n) is 2.71. The van der Waals surface area contributed by atoms with Crippen LogP contribution in [0.3, 0.4) is 0 Å². The molecule has 26 heavy (non-hydrogen) atoms. The van der Waals surface area contributed by atoms with Crippen molar-refractivity contribution in [1.82, 2.24) is 23.0 Å². The highest BCUT2D eigenvalue weighted by molar-refractivity contribution is 7.89. The first-order valence-electron chi connectivity index (χ1n) is 7.86. The summed E-state index contributed by atoms with van der Waals surface area (Å²) in [4.78, 5) is 4.16. The quantitative estimate of drug-likeness (QED) is 0.570. The third-order valence-electron chi connectivity index (χ3n) is 4.07. The Hall–Kier alpha value is -2.62. The van der Waals surface area contributed by atoms with Crippen LogP contribution in [0.1, 0.15) is 18.5 Å². The van der Waals surface area contributed by atoms with Crippen LogP contribution in [-0.2, 0) is 10.0 Å². The van der Waals surface area contributed by atoms with E-state index in [0.29, 0.717) is 11.0 Å². The van der Waals surface area contributed by atoms with Gasteiger partial charge in [-0.05, 0) is 36.8 Å². The second-order valence-corrected chi connectivity index (χ2v) is 8.00. The van der Waals surface area contributed by atoms with Crippen molar-refractivity contribution >= 4 is 32.8 Å². The molecule has 1 N–H and O–H groups in total. The topological polar surface area (TPSA) is 89.8 Å². The molecule has 2 heterocycles. The monoisotopic (exact) mass is 385 g/mol. The fourth-order valence-corrected chi connectivity index (χ4v) is 4.71. The molecule has 1 atom stereocenters. The summed E-state index contributed by atoms with van der Waals surface area (Å²) < 4.78 is 38.4. The lowest BCUT2D eigenvalue weighted by Gasteiger charge is -2.15. The van der Waals surface area contributed by atoms with Gasteiger partial charge in [0.25, 0.3) is 0 Å². The first-order valence-corrected chi connectivity index (χ1v) is 10.1. The maximum Gasteiger partial charge on any atom is 0.243 e. The number of hydrogen-bond donors (Lipinski definition) is 1. The van der Waals surface area contributed by atoms with Crippen LogP contribution >= 0.6 is 11.7 Å². The lowest BCUT2D eigenvalue weighted by Crippen LogP contribution is -2.27. The second kappa shape index (κ2) is 6.60. The smallest absolute Gasteiger partial charge is 0.243 e. The van der Waals surface area contributed by atoms with Gasteiger partial charge < -0.3 is 4.57 Å². The number of fused-ring (bicyclic) bond motifs is 1. The van der Waals surface area contributed by atoms with E-state index in [-0.39, 0.29) is 4.90 Å². The first kappa shape index (κ1) is 16.8. The zero-order chi connectivity index (χ0) is 18.1. The van der Waals surface area contributed by atoms with Gasteiger partial charge in [0.2, 0.25) is 10.0 Å². The summed E-state index contributed by atoms with van der Waals surface area (Å²) in [5.41, 5.74) is 2.79. The molecule has 0 unspecified atom stereocenters. The van der Waals surface area contributed by atoms with Gasteiger partial charge in [0.1, 0.15) is 15.9 Å². The summed E-state index contributed by atoms with van der Waals surface area (Å²) in [7, 11) is -3.72. The van der Waals surface area contributed by atoms with Crippen LogP contribution in [0, 0.1) is 0 Å². The van der Waals surface area contributed by atoms with Crippen LogP contribution in [0.15, 0.2) is 66.1 Å². The molecule has 0 radical (unpaired) electrons. The lowest BCUT2D eigenvalue weighted by atomic mass is 10.1. The highest BCUT2D eigenvalue weighted by Gasteiger charge is 2.22. The first-order chi connectivity index (χ1) is 12.5. The van der Waals surface area contributed by atoms with Crippen LogP contribution in [0.5, 0.6) is 0 Å². The molecular formula is C17H15N5O2S2. The van der Waals surface area contributed by atoms with E-state index in [1.54, 1.807) is 30.7 Å². The maximum atomic E-state index is 12.8. The van der Waals surface area contributed by atoms with Crippen molar-refractivity contribution in [3.05, 3.63) is 66.7 Å². The van der Waals surface area contributed by atoms with Crippen molar-refractivity contribution in [3.63, 3.8) is 0 Å². The molecular weight excluding hydrogens is 370 g/mol. The molecule has 0 aliphatic heterocycles. The number of nitrogens with zero attached hydrogens (tertiary/aromatic N) is 4. The molecule has 7 nitrogen and oxygen atoms in total. The third-order valence-corrected chi connectivity index (χ3v) is 6.18. The van der Waals surface area contributed by atoms with Crippen molar-refractivity contribution in [2.45, 2.75) is 17.9 Å². The van der Waals surface area contributed by atoms with Crippen molar-refractivity contribution in [1.29, 1.82) is 0 Å². The van der Waals surface area contributed by atoms with E-state index < -0.39 is 16.1 Å². The van der Waals surface area contributed by atoms with Crippen LogP contribution in [-0.4, -0.2) is 26.7 Å². The Morgan fingerprint density at radius 2 is 1.92 bits per heavy atom. The van der Waals surface area contributed by atoms with Gasteiger partial charge in [-0.3, -0.25) is 0 Å². The zero-order valence-corrected chi connectivity index (χ0v) is 15.4. The van der Waals surface area contributed by atoms with Gasteiger partial charge in [0.05, 0.1) is 18.1 Å². The molecule has 0 saturated carbocycles. The van der Waals surface area contributed by atoms with E-state index in [0.717, 1.165) is 23.0 Å². The molecule has 4 aromatic rings. The minimum atomic E-state index is -3.72. The maximum absolute atomic E-state index is 12.8. The molecule has 9 heteroatoms. The van der Waals surface area contributed by atoms with E-state index in [1.807, 2.05) is 42.0 Å². The van der Waals surface area contributed by atoms with Crippen LogP contribution < -0.4 is 4.72 Å². The van der Waals surface area contributed by atoms with Gasteiger partial charge in [0, 0.05) is 24.1 Å². The number of imidazole rings is 1. The number of hydrogen-bond acceptors (Lipinski definition) is 6. The van der Waals surface area contributed by atoms with Crippen LogP contribution in [0.4, 0.5) is 0 Å². The van der Waals surface area contributed by atoms with E-state index in [9.17, 15) is 8.42 Å². The summed E-state index contributed by atoms with van der Waals surface area (Å²) in [6.07, 6.45) is 5.27. The average Bonchev–Trinajstić information content (AvgIpc) is 3.32. The summed E-state index contributed by atoms with van der Waals surface area (Å²) in [5.74, 6) is 0. The highest BCUT2D eigenvalue weighted by Crippen LogP contribution is 2.23. The number of rotatable bonds is 5. The molecule has 0 bridgehead atoms. The van der Waals surface area contributed by atoms with Crippen LogP contribution in [0.2, 0.25) is 0 Å². The van der Waals surface area contributed by atoms with E-state index >= 15 is 0 Å². The predicted octanol–water partition coefficient (Wildman–Crippen LogP) is 2.92. The van der Waals surface area contributed by atoms with Crippen molar-refractivity contribution < 1.29 is 8.42 Å². The highest BCUT2D eigenvalue weighted by atomic mass is 32.2. The fraction of sp³-hybridized carbons (Fsp3) is 0.118. The summed E-state index contributed by atoms with van der Waals surface area (Å²) >= 11 is 0.999. The Kier molecular flexibility index (Phi) is 4.27. The molecule has 0 aliphatic carbocycles. The summed E-state index contributed by atoms with van der Waals surface area (Å²) in [6.45, 7) is 1.81. The zero-order valence-electron chi connectivity index (χ0n) is 13.8. The van der Waals surface area contributed by atoms with Gasteiger partial charge in [-0.1, -0.05) is 18.2 Å². The molecule has 0 saturated heterocycles. The molecule has 0 fully saturated rings. The Balaban J connectivity index is 1.59. The van der Waals surface area contributed by atoms with Gasteiger partial charge >= 0.3 is 0 Å². The number of aromatic nitrogens is 4. The average molecular weight is 385 g/mol. The van der Waals surface area contributed by atoms with Crippen molar-refractivity contribution in [2.75, 3.05) is 0 Å². The Labute approximate surface area is 154 Å². The largest absolute Gasteiger partial charge is 0.306 e. The molecule has 2 aromatic carbocycles. The third kappa shape index (κ3) is 3.12. The Bertz CT molecular complexity index is 1140. The van der Waals surface area contributed by atoms with Gasteiger partial charge in [0.15, 0.2) is 0 Å². The second-order valence-electron chi connectivity index (χ2n) is 5.79. The minimum Gasteiger partial charge on any atom is -0.306 e. The molecule has 132 valence electrons. The van der Waals surface area contributed by atoms with E-state index in [1.165, 1.54) is 0 Å². The SMILES string of the molecule is C[C@H](NS(=O)(=O)c1cccc2nsnc12)c1ccc(-n2ccnc2)cc1. The standard InChI is InChI=1S/C17H15N5O2S2/c1-12(13-5-7-14(8-6-13)22-10-9-18-11-22)21-26(23,24)16-4-2-3-15-17(16)20-25-19-15/h2-12,21H,1H3/t12-/m0/s1. The molecule has 4 rings (SSSR count). The molecule has 0 amide bonds. The molecule has 2 aromatic heterocycles. The van der Waals surface area contributed by atoms with Gasteiger partial charge in [-0.25, -0.2) is 18.1 Å². The number of benzene rings is 2. The Morgan fingerprint density at radius 3 is 2.65 bits per heavy atom. The Morgan fingerprint density at radius 1 is 1.12 bits per heavy atom. The number of nitrogens with one attached hydrogen (secondary N) is 1. The van der Waals surface area contributed by atoms with E-state index in [2.05, 4.69) is 18.5 Å². The lowest BCUT2D eigenvalue weighted by molar-refractivity contribution is 0.567. The normalized spacial score (nSPS) is 13.1. The summed E-state index contributed by atoms with van der Waals surface area (Å²) in [6, 6.07) is 12.2. The minimum absolute atomic E-state index is 0.144. The van der Waals surface area contributed by atoms with Crippen LogP contribution in [0.25, 0.3) is 16.7 Å². The van der Waals surface area contributed by atoms with E-state index in [4.69, 9.17) is 0 Å². The van der Waals surface area contributed by atoms with Crippen molar-refractivity contribution in [2.24, 2.45) is 0 Å². The van der Waals surface area contributed by atoms with Gasteiger partial charge in [-0.2, -0.15) is 8.75 Å².